The molecule has 0 saturated carbocycles. The first-order valence-electron chi connectivity index (χ1n) is 5.84. The van der Waals surface area contributed by atoms with Gasteiger partial charge < -0.3 is 5.73 Å². The zero-order valence-electron chi connectivity index (χ0n) is 10.4. The third kappa shape index (κ3) is 2.24. The second-order valence-electron chi connectivity index (χ2n) is 4.34. The molecule has 2 N–H and O–H groups in total. The summed E-state index contributed by atoms with van der Waals surface area (Å²) < 4.78 is 15.5. The Morgan fingerprint density at radius 1 is 1.33 bits per heavy atom. The molecule has 0 unspecified atom stereocenters. The first kappa shape index (κ1) is 13.9. The molecule has 7 heteroatoms. The van der Waals surface area contributed by atoms with Gasteiger partial charge in [-0.3, -0.25) is 4.57 Å². The van der Waals surface area contributed by atoms with Crippen LogP contribution in [0, 0.1) is 17.1 Å². The summed E-state index contributed by atoms with van der Waals surface area (Å²) in [6, 6.07) is 9.74. The van der Waals surface area contributed by atoms with Gasteiger partial charge in [0.05, 0.1) is 37.8 Å². The molecule has 2 aromatic carbocycles. The first-order valence-corrected chi connectivity index (χ1v) is 7.01. The molecule has 0 fully saturated rings. The number of nitrogens with two attached hydrogens (primary N) is 1. The fraction of sp³-hybridized carbons (Fsp3) is 0. The molecule has 0 spiro atoms. The lowest BCUT2D eigenvalue weighted by Gasteiger charge is -2.09. The van der Waals surface area contributed by atoms with Gasteiger partial charge in [-0.15, -0.1) is 0 Å². The highest BCUT2D eigenvalue weighted by Gasteiger charge is 2.15. The van der Waals surface area contributed by atoms with Gasteiger partial charge in [0.15, 0.2) is 0 Å². The molecule has 0 bridgehead atoms. The summed E-state index contributed by atoms with van der Waals surface area (Å²) in [5.74, 6) is -0.229. The topological polar surface area (TPSA) is 67.6 Å². The van der Waals surface area contributed by atoms with Crippen LogP contribution in [-0.4, -0.2) is 9.55 Å². The van der Waals surface area contributed by atoms with Crippen molar-refractivity contribution in [3.8, 4) is 11.8 Å². The number of fused-ring (bicyclic) bond motifs is 1. The highest BCUT2D eigenvalue weighted by Crippen LogP contribution is 2.31. The van der Waals surface area contributed by atoms with Crippen LogP contribution in [0.5, 0.6) is 0 Å². The quantitative estimate of drug-likeness (QED) is 0.708. The highest BCUT2D eigenvalue weighted by atomic mass is 79.9. The average Bonchev–Trinajstić information content (AvgIpc) is 2.75. The lowest BCUT2D eigenvalue weighted by molar-refractivity contribution is 0.623. The van der Waals surface area contributed by atoms with Gasteiger partial charge in [0.2, 0.25) is 5.95 Å². The van der Waals surface area contributed by atoms with Crippen molar-refractivity contribution in [2.24, 2.45) is 0 Å². The number of hydrogen-bond donors (Lipinski definition) is 1. The first-order chi connectivity index (χ1) is 10.0. The van der Waals surface area contributed by atoms with Crippen molar-refractivity contribution in [1.82, 2.24) is 9.55 Å². The van der Waals surface area contributed by atoms with Crippen LogP contribution in [0.4, 0.5) is 10.3 Å². The highest BCUT2D eigenvalue weighted by molar-refractivity contribution is 9.10. The number of rotatable bonds is 1. The molecule has 0 aliphatic heterocycles. The van der Waals surface area contributed by atoms with Gasteiger partial charge in [0.25, 0.3) is 0 Å². The smallest absolute Gasteiger partial charge is 0.205 e. The lowest BCUT2D eigenvalue weighted by Crippen LogP contribution is -2.01. The molecule has 1 aromatic heterocycles. The van der Waals surface area contributed by atoms with Crippen LogP contribution in [0.2, 0.25) is 5.02 Å². The van der Waals surface area contributed by atoms with Gasteiger partial charge in [0.1, 0.15) is 5.82 Å². The molecule has 0 aliphatic rings. The lowest BCUT2D eigenvalue weighted by atomic mass is 10.2. The number of nitrogen functional groups attached to an aromatic ring is 1. The van der Waals surface area contributed by atoms with Gasteiger partial charge in [-0.2, -0.15) is 5.26 Å². The third-order valence-corrected chi connectivity index (χ3v) is 3.95. The molecule has 0 aliphatic carbocycles. The predicted molar refractivity (Wildman–Crippen MR) is 82.9 cm³/mol. The van der Waals surface area contributed by atoms with Crippen LogP contribution in [0.3, 0.4) is 0 Å². The van der Waals surface area contributed by atoms with E-state index in [1.807, 2.05) is 6.07 Å². The molecule has 4 nitrogen and oxygen atoms in total. The standard InChI is InChI=1S/C14H7BrClFN4/c15-8-4-13-11(5-10(8)17)20-14(19)21(13)12-2-1-7(6-18)3-9(12)16/h1-5H,(H2,19,20). The molecule has 0 amide bonds. The molecule has 1 heterocycles. The van der Waals surface area contributed by atoms with Crippen molar-refractivity contribution in [3.63, 3.8) is 0 Å². The Labute approximate surface area is 132 Å². The second-order valence-corrected chi connectivity index (χ2v) is 5.60. The maximum atomic E-state index is 13.6. The van der Waals surface area contributed by atoms with Crippen molar-refractivity contribution in [2.45, 2.75) is 0 Å². The maximum Gasteiger partial charge on any atom is 0.205 e. The minimum Gasteiger partial charge on any atom is -0.369 e. The van der Waals surface area contributed by atoms with Crippen LogP contribution in [0.15, 0.2) is 34.8 Å². The number of nitriles is 1. The van der Waals surface area contributed by atoms with Crippen molar-refractivity contribution in [2.75, 3.05) is 5.73 Å². The molecule has 0 atom stereocenters. The minimum absolute atomic E-state index is 0.189. The second kappa shape index (κ2) is 5.02. The van der Waals surface area contributed by atoms with Gasteiger partial charge in [-0.05, 0) is 40.2 Å². The largest absolute Gasteiger partial charge is 0.369 e. The van der Waals surface area contributed by atoms with Crippen LogP contribution in [0.1, 0.15) is 5.56 Å². The molecular weight excluding hydrogens is 359 g/mol. The third-order valence-electron chi connectivity index (χ3n) is 3.04. The number of halogens is 3. The molecule has 3 aromatic rings. The van der Waals surface area contributed by atoms with Crippen LogP contribution in [-0.2, 0) is 0 Å². The van der Waals surface area contributed by atoms with E-state index in [-0.39, 0.29) is 5.95 Å². The Kier molecular flexibility index (Phi) is 3.32. The maximum absolute atomic E-state index is 13.6. The summed E-state index contributed by atoms with van der Waals surface area (Å²) >= 11 is 9.34. The summed E-state index contributed by atoms with van der Waals surface area (Å²) in [6.07, 6.45) is 0. The van der Waals surface area contributed by atoms with Gasteiger partial charge in [-0.1, -0.05) is 11.6 Å². The molecule has 21 heavy (non-hydrogen) atoms. The summed E-state index contributed by atoms with van der Waals surface area (Å²) in [4.78, 5) is 4.13. The normalized spacial score (nSPS) is 10.8. The summed E-state index contributed by atoms with van der Waals surface area (Å²) in [5, 5.41) is 9.24. The van der Waals surface area contributed by atoms with Crippen molar-refractivity contribution < 1.29 is 4.39 Å². The number of nitrogens with zero attached hydrogens (tertiary/aromatic N) is 3. The summed E-state index contributed by atoms with van der Waals surface area (Å²) in [6.45, 7) is 0. The van der Waals surface area contributed by atoms with Crippen LogP contribution < -0.4 is 5.73 Å². The van der Waals surface area contributed by atoms with E-state index in [4.69, 9.17) is 22.6 Å². The predicted octanol–water partition coefficient (Wildman–Crippen LogP) is 4.03. The van der Waals surface area contributed by atoms with Crippen LogP contribution in [0.25, 0.3) is 16.7 Å². The number of imidazole rings is 1. The number of aromatic nitrogens is 2. The van der Waals surface area contributed by atoms with Crippen molar-refractivity contribution >= 4 is 44.5 Å². The molecule has 104 valence electrons. The number of anilines is 1. The SMILES string of the molecule is N#Cc1ccc(-n2c(N)nc3cc(F)c(Br)cc32)c(Cl)c1. The Morgan fingerprint density at radius 2 is 2.10 bits per heavy atom. The van der Waals surface area contributed by atoms with E-state index in [1.54, 1.807) is 28.8 Å². The zero-order chi connectivity index (χ0) is 15.1. The number of benzene rings is 2. The van der Waals surface area contributed by atoms with Crippen molar-refractivity contribution in [1.29, 1.82) is 5.26 Å². The van der Waals surface area contributed by atoms with E-state index in [1.165, 1.54) is 6.07 Å². The zero-order valence-corrected chi connectivity index (χ0v) is 12.8. The molecule has 0 saturated heterocycles. The fourth-order valence-corrected chi connectivity index (χ4v) is 2.70. The van der Waals surface area contributed by atoms with E-state index < -0.39 is 5.82 Å². The van der Waals surface area contributed by atoms with Crippen LogP contribution >= 0.6 is 27.5 Å². The fourth-order valence-electron chi connectivity index (χ4n) is 2.10. The monoisotopic (exact) mass is 364 g/mol. The molecule has 3 rings (SSSR count). The summed E-state index contributed by atoms with van der Waals surface area (Å²) in [5.41, 5.74) is 7.98. The Morgan fingerprint density at radius 3 is 2.76 bits per heavy atom. The van der Waals surface area contributed by atoms with E-state index in [2.05, 4.69) is 20.9 Å². The Hall–Kier alpha value is -2.10. The molecular formula is C14H7BrClFN4. The average molecular weight is 366 g/mol. The Balaban J connectivity index is 2.32. The van der Waals surface area contributed by atoms with Gasteiger partial charge >= 0.3 is 0 Å². The van der Waals surface area contributed by atoms with Crippen molar-refractivity contribution in [3.05, 3.63) is 51.2 Å². The minimum atomic E-state index is -0.418. The summed E-state index contributed by atoms with van der Waals surface area (Å²) in [7, 11) is 0. The van der Waals surface area contributed by atoms with E-state index in [0.717, 1.165) is 0 Å². The van der Waals surface area contributed by atoms with E-state index in [0.29, 0.717) is 31.8 Å². The number of hydrogen-bond acceptors (Lipinski definition) is 3. The Bertz CT molecular complexity index is 913. The molecule has 0 radical (unpaired) electrons. The van der Waals surface area contributed by atoms with E-state index in [9.17, 15) is 4.39 Å². The van der Waals surface area contributed by atoms with Gasteiger partial charge in [0, 0.05) is 6.07 Å². The van der Waals surface area contributed by atoms with E-state index >= 15 is 0 Å². The van der Waals surface area contributed by atoms with Gasteiger partial charge in [-0.25, -0.2) is 9.37 Å².